The first-order valence-electron chi connectivity index (χ1n) is 29.1. The molecule has 474 valence electrons. The number of ether oxygens (including phenoxy) is 12. The highest BCUT2D eigenvalue weighted by atomic mass is 16.8. The number of carbonyl (C=O) groups is 6. The van der Waals surface area contributed by atoms with Crippen molar-refractivity contribution in [2.24, 2.45) is 0 Å². The molecule has 0 fully saturated rings. The third-order valence-corrected chi connectivity index (χ3v) is 11.8. The molecule has 0 saturated heterocycles. The maximum Gasteiger partial charge on any atom is 0.514 e. The van der Waals surface area contributed by atoms with Crippen LogP contribution in [-0.4, -0.2) is 70.5 Å². The van der Waals surface area contributed by atoms with Crippen LogP contribution in [0.3, 0.4) is 0 Å². The number of carbonyl (C=O) groups excluding carboxylic acids is 6. The summed E-state index contributed by atoms with van der Waals surface area (Å²) in [5.41, 5.74) is 0.418. The maximum absolute atomic E-state index is 13.6. The average molecular weight is 1230 g/mol. The second-order valence-electron chi connectivity index (χ2n) is 26.8. The topological polar surface area (TPSA) is 213 Å². The van der Waals surface area contributed by atoms with Gasteiger partial charge in [-0.15, -0.1) is 0 Å². The fourth-order valence-corrected chi connectivity index (χ4v) is 8.90. The molecule has 7 rings (SSSR count). The third-order valence-electron chi connectivity index (χ3n) is 11.8. The molecule has 0 heterocycles. The lowest BCUT2D eigenvalue weighted by Crippen LogP contribution is -2.25. The van der Waals surface area contributed by atoms with Crippen LogP contribution in [0.1, 0.15) is 125 Å². The summed E-state index contributed by atoms with van der Waals surface area (Å²) in [6, 6.07) is 40.6. The van der Waals surface area contributed by atoms with Gasteiger partial charge in [-0.3, -0.25) is 0 Å². The van der Waals surface area contributed by atoms with Crippen molar-refractivity contribution < 1.29 is 85.6 Å². The molecule has 0 radical (unpaired) electrons. The van der Waals surface area contributed by atoms with Crippen LogP contribution in [-0.2, 0) is 28.4 Å². The van der Waals surface area contributed by atoms with Crippen LogP contribution in [0, 0.1) is 0 Å². The molecule has 0 aliphatic rings. The molecule has 7 aromatic rings. The molecular formula is C72H78O18. The molecule has 18 heteroatoms. The van der Waals surface area contributed by atoms with E-state index in [-0.39, 0.29) is 34.5 Å². The zero-order chi connectivity index (χ0) is 66.3. The van der Waals surface area contributed by atoms with Crippen LogP contribution in [0.5, 0.6) is 34.5 Å². The van der Waals surface area contributed by atoms with Crippen LogP contribution in [0.4, 0.5) is 28.8 Å². The van der Waals surface area contributed by atoms with E-state index in [9.17, 15) is 28.8 Å². The second-order valence-corrected chi connectivity index (χ2v) is 26.8. The van der Waals surface area contributed by atoms with Crippen LogP contribution in [0.2, 0.25) is 0 Å². The Hall–Kier alpha value is -9.84. The van der Waals surface area contributed by atoms with Gasteiger partial charge in [0.25, 0.3) is 0 Å². The van der Waals surface area contributed by atoms with Crippen LogP contribution in [0.15, 0.2) is 146 Å². The summed E-state index contributed by atoms with van der Waals surface area (Å²) in [5, 5.41) is 0. The van der Waals surface area contributed by atoms with E-state index < -0.39 is 70.5 Å². The predicted octanol–water partition coefficient (Wildman–Crippen LogP) is 19.6. The number of hydrogen-bond acceptors (Lipinski definition) is 18. The highest BCUT2D eigenvalue weighted by Crippen LogP contribution is 2.57. The lowest BCUT2D eigenvalue weighted by atomic mass is 9.74. The predicted molar refractivity (Wildman–Crippen MR) is 340 cm³/mol. The van der Waals surface area contributed by atoms with E-state index in [1.165, 1.54) is 0 Å². The van der Waals surface area contributed by atoms with Crippen molar-refractivity contribution in [3.05, 3.63) is 146 Å². The first-order valence-corrected chi connectivity index (χ1v) is 29.1. The molecule has 0 spiro atoms. The third kappa shape index (κ3) is 20.1. The molecule has 0 saturated carbocycles. The van der Waals surface area contributed by atoms with Crippen LogP contribution >= 0.6 is 0 Å². The monoisotopic (exact) mass is 1230 g/mol. The lowest BCUT2D eigenvalue weighted by Gasteiger charge is -2.29. The van der Waals surface area contributed by atoms with E-state index in [2.05, 4.69) is 0 Å². The molecule has 0 atom stereocenters. The summed E-state index contributed by atoms with van der Waals surface area (Å²) in [6.45, 7) is 30.9. The molecule has 0 bridgehead atoms. The van der Waals surface area contributed by atoms with Gasteiger partial charge in [-0.2, -0.15) is 0 Å². The summed E-state index contributed by atoms with van der Waals surface area (Å²) in [6.07, 6.45) is -5.73. The van der Waals surface area contributed by atoms with E-state index in [1.54, 1.807) is 252 Å². The normalized spacial score (nSPS) is 11.9. The summed E-state index contributed by atoms with van der Waals surface area (Å²) in [4.78, 5) is 80.3. The Bertz CT molecular complexity index is 3350. The van der Waals surface area contributed by atoms with Crippen molar-refractivity contribution in [2.75, 3.05) is 0 Å². The highest BCUT2D eigenvalue weighted by Gasteiger charge is 2.32. The molecular weight excluding hydrogens is 1150 g/mol. The maximum atomic E-state index is 13.6. The van der Waals surface area contributed by atoms with E-state index in [0.29, 0.717) is 66.8 Å². The van der Waals surface area contributed by atoms with Crippen LogP contribution < -0.4 is 28.4 Å². The van der Waals surface area contributed by atoms with E-state index >= 15 is 0 Å². The Kier molecular flexibility index (Phi) is 20.2. The zero-order valence-corrected chi connectivity index (χ0v) is 54.2. The molecule has 90 heavy (non-hydrogen) atoms. The molecule has 0 aliphatic heterocycles. The SMILES string of the molecule is CC(C)(C)OC(=O)Oc1ccc(-c2c(-c3cccc(OC(=O)OC(C)(C)C)c3)c(-c3ccc(OC(=O)OC(C)(C)C)cc3)c(-c3cccc(OC(=O)OC(C)(C)C)c3)c(-c3ccc(OC(=O)OC(C)(C)C)cc3)c2-c2cccc(OC(=O)OC(C)(C)C)c2)cc1. The Morgan fingerprint density at radius 2 is 0.378 bits per heavy atom. The molecule has 0 aliphatic carbocycles. The zero-order valence-electron chi connectivity index (χ0n) is 54.2. The van der Waals surface area contributed by atoms with Gasteiger partial charge in [-0.05, 0) is 264 Å². The second kappa shape index (κ2) is 26.9. The Morgan fingerprint density at radius 3 is 0.556 bits per heavy atom. The average Bonchev–Trinajstić information content (AvgIpc) is 0.716. The first kappa shape index (κ1) is 67.7. The molecule has 0 N–H and O–H groups in total. The van der Waals surface area contributed by atoms with Crippen molar-refractivity contribution in [2.45, 2.75) is 158 Å². The quantitative estimate of drug-likeness (QED) is 0.0632. The highest BCUT2D eigenvalue weighted by molar-refractivity contribution is 6.15. The van der Waals surface area contributed by atoms with Gasteiger partial charge >= 0.3 is 36.9 Å². The van der Waals surface area contributed by atoms with E-state index in [0.717, 1.165) is 0 Å². The minimum atomic E-state index is -0.972. The van der Waals surface area contributed by atoms with Crippen LogP contribution in [0.25, 0.3) is 66.8 Å². The summed E-state index contributed by atoms with van der Waals surface area (Å²) in [5.74, 6) is 0.683. The number of rotatable bonds is 12. The smallest absolute Gasteiger partial charge is 0.428 e. The van der Waals surface area contributed by atoms with Gasteiger partial charge in [0.05, 0.1) is 0 Å². The van der Waals surface area contributed by atoms with Crippen molar-refractivity contribution in [1.29, 1.82) is 0 Å². The van der Waals surface area contributed by atoms with E-state index in [1.807, 2.05) is 18.2 Å². The Labute approximate surface area is 525 Å². The van der Waals surface area contributed by atoms with Gasteiger partial charge in [-0.1, -0.05) is 72.8 Å². The fourth-order valence-electron chi connectivity index (χ4n) is 8.90. The molecule has 0 amide bonds. The summed E-state index contributed by atoms with van der Waals surface area (Å²) < 4.78 is 68.4. The molecule has 0 aromatic heterocycles. The van der Waals surface area contributed by atoms with Crippen molar-refractivity contribution >= 4 is 36.9 Å². The summed E-state index contributed by atoms with van der Waals surface area (Å²) >= 11 is 0. The minimum Gasteiger partial charge on any atom is -0.428 e. The Morgan fingerprint density at radius 1 is 0.211 bits per heavy atom. The van der Waals surface area contributed by atoms with Gasteiger partial charge < -0.3 is 56.8 Å². The van der Waals surface area contributed by atoms with Gasteiger partial charge in [-0.25, -0.2) is 28.8 Å². The molecule has 7 aromatic carbocycles. The van der Waals surface area contributed by atoms with Gasteiger partial charge in [0.1, 0.15) is 68.1 Å². The molecule has 0 unspecified atom stereocenters. The largest absolute Gasteiger partial charge is 0.514 e. The van der Waals surface area contributed by atoms with Gasteiger partial charge in [0.15, 0.2) is 0 Å². The summed E-state index contributed by atoms with van der Waals surface area (Å²) in [7, 11) is 0. The lowest BCUT2D eigenvalue weighted by molar-refractivity contribution is 0.0193. The molecule has 18 nitrogen and oxygen atoms in total. The standard InChI is InChI=1S/C72H78O18/c1-67(2,3)85-61(73)79-49-34-28-43(29-35-49)55-58(46-22-19-25-52(40-46)82-64(76)88-70(10,11)12)56(44-30-36-50(37-31-44)80-62(74)86-68(4,5)6)60(48-24-21-27-54(42-48)84-66(78)90-72(16,17)18)57(45-32-38-51(39-33-45)81-63(75)87-69(7,8)9)59(55)47-23-20-26-53(41-47)83-65(77)89-71(13,14)15/h19-42H,1-18H3. The Balaban J connectivity index is 1.73. The van der Waals surface area contributed by atoms with Crippen molar-refractivity contribution in [1.82, 2.24) is 0 Å². The van der Waals surface area contributed by atoms with Crippen molar-refractivity contribution in [3.8, 4) is 101 Å². The van der Waals surface area contributed by atoms with E-state index in [4.69, 9.17) is 56.8 Å². The van der Waals surface area contributed by atoms with Gasteiger partial charge in [0, 0.05) is 0 Å². The minimum absolute atomic E-state index is 0.0918. The fraction of sp³-hybridized carbons (Fsp3) is 0.333. The first-order chi connectivity index (χ1) is 41.7. The van der Waals surface area contributed by atoms with Gasteiger partial charge in [0.2, 0.25) is 0 Å². The number of benzene rings is 7. The number of hydrogen-bond donors (Lipinski definition) is 0. The van der Waals surface area contributed by atoms with Crippen molar-refractivity contribution in [3.63, 3.8) is 0 Å².